The molecular weight excluding hydrogens is 222 g/mol. The van der Waals surface area contributed by atoms with E-state index >= 15 is 0 Å². The van der Waals surface area contributed by atoms with Gasteiger partial charge in [0.25, 0.3) is 0 Å². The maximum absolute atomic E-state index is 5.97. The highest BCUT2D eigenvalue weighted by molar-refractivity contribution is 6.30. The second-order valence-corrected chi connectivity index (χ2v) is 4.21. The minimum absolute atomic E-state index is 0.605. The van der Waals surface area contributed by atoms with Crippen molar-refractivity contribution in [2.24, 2.45) is 5.73 Å². The number of hydrogen-bond donors (Lipinski definition) is 1. The predicted octanol–water partition coefficient (Wildman–Crippen LogP) is 2.34. The Morgan fingerprint density at radius 1 is 1.44 bits per heavy atom. The van der Waals surface area contributed by atoms with Gasteiger partial charge in [0.2, 0.25) is 0 Å². The minimum atomic E-state index is 0.605. The van der Waals surface area contributed by atoms with Crippen LogP contribution in [-0.2, 0) is 6.42 Å². The molecule has 0 radical (unpaired) electrons. The van der Waals surface area contributed by atoms with E-state index in [2.05, 4.69) is 5.10 Å². The van der Waals surface area contributed by atoms with Crippen molar-refractivity contribution in [3.8, 4) is 5.69 Å². The highest BCUT2D eigenvalue weighted by Crippen LogP contribution is 2.20. The largest absolute Gasteiger partial charge is 0.330 e. The Kier molecular flexibility index (Phi) is 3.27. The monoisotopic (exact) mass is 235 g/mol. The molecule has 1 heterocycles. The quantitative estimate of drug-likeness (QED) is 0.888. The van der Waals surface area contributed by atoms with Crippen molar-refractivity contribution >= 4 is 11.6 Å². The lowest BCUT2D eigenvalue weighted by Crippen LogP contribution is -2.07. The van der Waals surface area contributed by atoms with Crippen LogP contribution in [0.1, 0.15) is 11.1 Å². The number of nitrogens with zero attached hydrogens (tertiary/aromatic N) is 2. The Morgan fingerprint density at radius 3 is 2.88 bits per heavy atom. The van der Waals surface area contributed by atoms with Crippen molar-refractivity contribution in [1.29, 1.82) is 0 Å². The molecule has 1 aromatic carbocycles. The van der Waals surface area contributed by atoms with Crippen LogP contribution in [0.3, 0.4) is 0 Å². The van der Waals surface area contributed by atoms with Gasteiger partial charge in [-0.2, -0.15) is 5.10 Å². The van der Waals surface area contributed by atoms with Crippen LogP contribution in [0, 0.1) is 6.92 Å². The molecule has 0 aliphatic rings. The molecule has 0 amide bonds. The number of aromatic nitrogens is 2. The third-order valence-corrected chi connectivity index (χ3v) is 2.65. The van der Waals surface area contributed by atoms with E-state index in [1.165, 1.54) is 0 Å². The van der Waals surface area contributed by atoms with Crippen LogP contribution < -0.4 is 5.73 Å². The Morgan fingerprint density at radius 2 is 2.25 bits per heavy atom. The van der Waals surface area contributed by atoms with Gasteiger partial charge >= 0.3 is 0 Å². The van der Waals surface area contributed by atoms with Gasteiger partial charge in [0, 0.05) is 11.2 Å². The lowest BCUT2D eigenvalue weighted by molar-refractivity contribution is 0.850. The number of hydrogen-bond acceptors (Lipinski definition) is 2. The lowest BCUT2D eigenvalue weighted by atomic mass is 10.1. The standard InChI is InChI=1S/C12H14ClN3/c1-9-7-15-16(8-9)12-3-2-11(13)6-10(12)4-5-14/h2-3,6-8H,4-5,14H2,1H3. The number of rotatable bonds is 3. The Bertz CT molecular complexity index is 491. The van der Waals surface area contributed by atoms with E-state index in [1.54, 1.807) is 0 Å². The molecule has 0 fully saturated rings. The number of aryl methyl sites for hydroxylation is 1. The highest BCUT2D eigenvalue weighted by atomic mass is 35.5. The zero-order valence-corrected chi connectivity index (χ0v) is 9.91. The molecule has 2 aromatic rings. The summed E-state index contributed by atoms with van der Waals surface area (Å²) in [6.45, 7) is 2.62. The van der Waals surface area contributed by atoms with E-state index in [0.717, 1.165) is 28.3 Å². The first-order chi connectivity index (χ1) is 7.70. The van der Waals surface area contributed by atoms with Gasteiger partial charge in [-0.3, -0.25) is 0 Å². The molecule has 2 rings (SSSR count). The molecule has 0 unspecified atom stereocenters. The molecule has 3 nitrogen and oxygen atoms in total. The molecule has 1 aromatic heterocycles. The van der Waals surface area contributed by atoms with Crippen LogP contribution >= 0.6 is 11.6 Å². The summed E-state index contributed by atoms with van der Waals surface area (Å²) in [5.41, 5.74) is 8.89. The van der Waals surface area contributed by atoms with Gasteiger partial charge in [-0.05, 0) is 49.2 Å². The van der Waals surface area contributed by atoms with Gasteiger partial charge in [-0.25, -0.2) is 4.68 Å². The van der Waals surface area contributed by atoms with E-state index < -0.39 is 0 Å². The summed E-state index contributed by atoms with van der Waals surface area (Å²) in [7, 11) is 0. The summed E-state index contributed by atoms with van der Waals surface area (Å²) in [4.78, 5) is 0. The maximum Gasteiger partial charge on any atom is 0.0679 e. The van der Waals surface area contributed by atoms with Crippen LogP contribution in [0.25, 0.3) is 5.69 Å². The summed E-state index contributed by atoms with van der Waals surface area (Å²) >= 11 is 5.97. The second-order valence-electron chi connectivity index (χ2n) is 3.77. The summed E-state index contributed by atoms with van der Waals surface area (Å²) in [5.74, 6) is 0. The zero-order chi connectivity index (χ0) is 11.5. The molecule has 0 saturated heterocycles. The summed E-state index contributed by atoms with van der Waals surface area (Å²) in [6.07, 6.45) is 4.62. The molecule has 0 spiro atoms. The predicted molar refractivity (Wildman–Crippen MR) is 66.1 cm³/mol. The fourth-order valence-electron chi connectivity index (χ4n) is 1.68. The highest BCUT2D eigenvalue weighted by Gasteiger charge is 2.05. The molecule has 2 N–H and O–H groups in total. The zero-order valence-electron chi connectivity index (χ0n) is 9.15. The van der Waals surface area contributed by atoms with E-state index in [-0.39, 0.29) is 0 Å². The smallest absolute Gasteiger partial charge is 0.0679 e. The van der Waals surface area contributed by atoms with Gasteiger partial charge in [-0.1, -0.05) is 11.6 Å². The maximum atomic E-state index is 5.97. The number of benzene rings is 1. The van der Waals surface area contributed by atoms with Crippen LogP contribution in [-0.4, -0.2) is 16.3 Å². The third-order valence-electron chi connectivity index (χ3n) is 2.41. The SMILES string of the molecule is Cc1cnn(-c2ccc(Cl)cc2CCN)c1. The Hall–Kier alpha value is -1.32. The van der Waals surface area contributed by atoms with Crippen molar-refractivity contribution in [3.05, 3.63) is 46.7 Å². The summed E-state index contributed by atoms with van der Waals surface area (Å²) in [5, 5.41) is 5.02. The average molecular weight is 236 g/mol. The van der Waals surface area contributed by atoms with Crippen molar-refractivity contribution in [3.63, 3.8) is 0 Å². The number of nitrogens with two attached hydrogens (primary N) is 1. The van der Waals surface area contributed by atoms with Crippen molar-refractivity contribution in [1.82, 2.24) is 9.78 Å². The first-order valence-electron chi connectivity index (χ1n) is 5.21. The van der Waals surface area contributed by atoms with E-state index in [4.69, 9.17) is 17.3 Å². The summed E-state index contributed by atoms with van der Waals surface area (Å²) < 4.78 is 1.86. The molecule has 0 atom stereocenters. The first-order valence-corrected chi connectivity index (χ1v) is 5.58. The first kappa shape index (κ1) is 11.2. The fraction of sp³-hybridized carbons (Fsp3) is 0.250. The number of halogens is 1. The van der Waals surface area contributed by atoms with Gasteiger partial charge < -0.3 is 5.73 Å². The molecular formula is C12H14ClN3. The van der Waals surface area contributed by atoms with Gasteiger partial charge in [0.05, 0.1) is 11.9 Å². The molecule has 16 heavy (non-hydrogen) atoms. The molecule has 0 saturated carbocycles. The van der Waals surface area contributed by atoms with Crippen molar-refractivity contribution in [2.75, 3.05) is 6.54 Å². The van der Waals surface area contributed by atoms with E-state index in [0.29, 0.717) is 6.54 Å². The lowest BCUT2D eigenvalue weighted by Gasteiger charge is -2.09. The van der Waals surface area contributed by atoms with Gasteiger partial charge in [0.15, 0.2) is 0 Å². The van der Waals surface area contributed by atoms with Gasteiger partial charge in [0.1, 0.15) is 0 Å². The summed E-state index contributed by atoms with van der Waals surface area (Å²) in [6, 6.07) is 5.79. The van der Waals surface area contributed by atoms with Crippen molar-refractivity contribution < 1.29 is 0 Å². The average Bonchev–Trinajstić information content (AvgIpc) is 2.65. The van der Waals surface area contributed by atoms with E-state index in [1.807, 2.05) is 42.2 Å². The van der Waals surface area contributed by atoms with Crippen LogP contribution in [0.2, 0.25) is 5.02 Å². The third kappa shape index (κ3) is 2.26. The molecule has 0 aliphatic heterocycles. The van der Waals surface area contributed by atoms with Crippen LogP contribution in [0.4, 0.5) is 0 Å². The topological polar surface area (TPSA) is 43.8 Å². The molecule has 4 heteroatoms. The second kappa shape index (κ2) is 4.68. The van der Waals surface area contributed by atoms with E-state index in [9.17, 15) is 0 Å². The Labute approximate surface area is 99.8 Å². The molecule has 84 valence electrons. The van der Waals surface area contributed by atoms with Crippen molar-refractivity contribution in [2.45, 2.75) is 13.3 Å². The fourth-order valence-corrected chi connectivity index (χ4v) is 1.87. The van der Waals surface area contributed by atoms with Crippen LogP contribution in [0.15, 0.2) is 30.6 Å². The molecule has 0 aliphatic carbocycles. The van der Waals surface area contributed by atoms with Gasteiger partial charge in [-0.15, -0.1) is 0 Å². The minimum Gasteiger partial charge on any atom is -0.330 e. The molecule has 0 bridgehead atoms. The van der Waals surface area contributed by atoms with Crippen LogP contribution in [0.5, 0.6) is 0 Å². The Balaban J connectivity index is 2.47. The normalized spacial score (nSPS) is 10.7.